The van der Waals surface area contributed by atoms with E-state index < -0.39 is 17.3 Å². The first-order chi connectivity index (χ1) is 8.52. The number of methoxy groups -OCH3 is 1. The van der Waals surface area contributed by atoms with Gasteiger partial charge < -0.3 is 10.5 Å². The lowest BCUT2D eigenvalue weighted by molar-refractivity contribution is 0.415. The lowest BCUT2D eigenvalue weighted by atomic mass is 10.0. The van der Waals surface area contributed by atoms with Crippen molar-refractivity contribution >= 4 is 17.3 Å². The van der Waals surface area contributed by atoms with Crippen LogP contribution >= 0.6 is 11.6 Å². The highest BCUT2D eigenvalue weighted by Gasteiger charge is 2.10. The summed E-state index contributed by atoms with van der Waals surface area (Å²) in [6.07, 6.45) is 0. The number of rotatable bonds is 2. The second kappa shape index (κ2) is 4.82. The summed E-state index contributed by atoms with van der Waals surface area (Å²) in [6.45, 7) is 0. The molecule has 0 bridgehead atoms. The Kier molecular flexibility index (Phi) is 3.39. The molecule has 0 amide bonds. The molecule has 0 fully saturated rings. The maximum absolute atomic E-state index is 13.4. The molecule has 2 aromatic rings. The van der Waals surface area contributed by atoms with E-state index in [1.54, 1.807) is 18.2 Å². The molecule has 0 aliphatic heterocycles. The minimum absolute atomic E-state index is 0.370. The zero-order chi connectivity index (χ0) is 13.3. The van der Waals surface area contributed by atoms with Gasteiger partial charge in [-0.25, -0.2) is 8.78 Å². The van der Waals surface area contributed by atoms with Gasteiger partial charge in [0.15, 0.2) is 0 Å². The fraction of sp³-hybridized carbons (Fsp3) is 0.0769. The van der Waals surface area contributed by atoms with Crippen molar-refractivity contribution in [3.63, 3.8) is 0 Å². The number of ether oxygens (including phenoxy) is 1. The summed E-state index contributed by atoms with van der Waals surface area (Å²) in [4.78, 5) is 0. The zero-order valence-corrected chi connectivity index (χ0v) is 10.3. The van der Waals surface area contributed by atoms with Crippen LogP contribution in [0.1, 0.15) is 0 Å². The van der Waals surface area contributed by atoms with Gasteiger partial charge in [0, 0.05) is 0 Å². The van der Waals surface area contributed by atoms with E-state index in [1.807, 2.05) is 0 Å². The first-order valence-corrected chi connectivity index (χ1v) is 5.49. The fourth-order valence-corrected chi connectivity index (χ4v) is 1.79. The van der Waals surface area contributed by atoms with E-state index in [9.17, 15) is 8.78 Å². The van der Waals surface area contributed by atoms with E-state index in [2.05, 4.69) is 0 Å². The quantitative estimate of drug-likeness (QED) is 0.840. The minimum atomic E-state index is -0.793. The first-order valence-electron chi connectivity index (χ1n) is 5.11. The van der Waals surface area contributed by atoms with Crippen molar-refractivity contribution in [3.05, 3.63) is 47.0 Å². The van der Waals surface area contributed by atoms with Gasteiger partial charge in [0.05, 0.1) is 12.1 Å². The third-order valence-electron chi connectivity index (χ3n) is 2.56. The molecule has 0 aliphatic carbocycles. The summed E-state index contributed by atoms with van der Waals surface area (Å²) in [6, 6.07) is 7.19. The van der Waals surface area contributed by atoms with Crippen LogP contribution in [-0.2, 0) is 0 Å². The molecule has 2 aromatic carbocycles. The molecule has 0 atom stereocenters. The Bertz CT molecular complexity index is 579. The molecular formula is C13H10ClF2NO. The summed E-state index contributed by atoms with van der Waals surface area (Å²) < 4.78 is 31.8. The Labute approximate surface area is 108 Å². The van der Waals surface area contributed by atoms with Gasteiger partial charge in [-0.15, -0.1) is 0 Å². The molecule has 0 radical (unpaired) electrons. The molecule has 94 valence electrons. The average Bonchev–Trinajstić information content (AvgIpc) is 2.36. The number of anilines is 1. The Balaban J connectivity index is 2.55. The number of nitrogens with two attached hydrogens (primary N) is 1. The van der Waals surface area contributed by atoms with E-state index in [0.717, 1.165) is 0 Å². The van der Waals surface area contributed by atoms with Crippen LogP contribution in [0.5, 0.6) is 5.75 Å². The van der Waals surface area contributed by atoms with Gasteiger partial charge in [0.2, 0.25) is 0 Å². The van der Waals surface area contributed by atoms with Crippen LogP contribution in [0.2, 0.25) is 5.02 Å². The van der Waals surface area contributed by atoms with Crippen LogP contribution in [0, 0.1) is 11.6 Å². The highest BCUT2D eigenvalue weighted by Crippen LogP contribution is 2.32. The summed E-state index contributed by atoms with van der Waals surface area (Å²) in [5.74, 6) is -1.15. The number of benzene rings is 2. The van der Waals surface area contributed by atoms with Crippen LogP contribution in [0.25, 0.3) is 11.1 Å². The highest BCUT2D eigenvalue weighted by molar-refractivity contribution is 6.32. The minimum Gasteiger partial charge on any atom is -0.495 e. The average molecular weight is 270 g/mol. The monoisotopic (exact) mass is 269 g/mol. The van der Waals surface area contributed by atoms with Crippen LogP contribution in [0.4, 0.5) is 14.5 Å². The summed E-state index contributed by atoms with van der Waals surface area (Å²) in [5.41, 5.74) is 5.69. The zero-order valence-electron chi connectivity index (χ0n) is 9.51. The highest BCUT2D eigenvalue weighted by atomic mass is 35.5. The molecule has 0 heterocycles. The number of nitrogen functional groups attached to an aromatic ring is 1. The first kappa shape index (κ1) is 12.6. The van der Waals surface area contributed by atoms with Crippen LogP contribution in [0.3, 0.4) is 0 Å². The van der Waals surface area contributed by atoms with Gasteiger partial charge in [0.25, 0.3) is 0 Å². The molecule has 2 nitrogen and oxygen atoms in total. The van der Waals surface area contributed by atoms with Crippen LogP contribution < -0.4 is 10.5 Å². The second-order valence-electron chi connectivity index (χ2n) is 3.70. The summed E-state index contributed by atoms with van der Waals surface area (Å²) >= 11 is 5.88. The molecule has 5 heteroatoms. The third-order valence-corrected chi connectivity index (χ3v) is 2.88. The Morgan fingerprint density at radius 1 is 1.06 bits per heavy atom. The van der Waals surface area contributed by atoms with Crippen LogP contribution in [0.15, 0.2) is 30.3 Å². The summed E-state index contributed by atoms with van der Waals surface area (Å²) in [5, 5.41) is 0.428. The van der Waals surface area contributed by atoms with Gasteiger partial charge in [-0.1, -0.05) is 17.7 Å². The van der Waals surface area contributed by atoms with Crippen molar-refractivity contribution in [2.45, 2.75) is 0 Å². The number of hydrogen-bond acceptors (Lipinski definition) is 2. The molecule has 2 N–H and O–H groups in total. The predicted molar refractivity (Wildman–Crippen MR) is 67.8 cm³/mol. The van der Waals surface area contributed by atoms with Crippen molar-refractivity contribution in [1.29, 1.82) is 0 Å². The van der Waals surface area contributed by atoms with Gasteiger partial charge >= 0.3 is 0 Å². The normalized spacial score (nSPS) is 10.4. The van der Waals surface area contributed by atoms with Crippen molar-refractivity contribution in [3.8, 4) is 16.9 Å². The van der Waals surface area contributed by atoms with Crippen LogP contribution in [-0.4, -0.2) is 7.11 Å². The molecule has 0 aliphatic rings. The lowest BCUT2D eigenvalue weighted by Gasteiger charge is -2.08. The van der Waals surface area contributed by atoms with E-state index in [0.29, 0.717) is 21.9 Å². The molecule has 18 heavy (non-hydrogen) atoms. The standard InChI is InChI=1S/C13H10ClF2NO/c1-18-12-6-7(2-3-9(12)14)8-4-10(15)13(17)11(16)5-8/h2-6H,17H2,1H3. The van der Waals surface area contributed by atoms with Crippen molar-refractivity contribution < 1.29 is 13.5 Å². The molecule has 2 rings (SSSR count). The van der Waals surface area contributed by atoms with Crippen molar-refractivity contribution in [2.24, 2.45) is 0 Å². The molecule has 0 unspecified atom stereocenters. The van der Waals surface area contributed by atoms with Gasteiger partial charge in [0.1, 0.15) is 23.1 Å². The lowest BCUT2D eigenvalue weighted by Crippen LogP contribution is -1.96. The summed E-state index contributed by atoms with van der Waals surface area (Å²) in [7, 11) is 1.47. The number of hydrogen-bond donors (Lipinski definition) is 1. The molecule has 0 saturated heterocycles. The van der Waals surface area contributed by atoms with E-state index >= 15 is 0 Å². The molecule has 0 spiro atoms. The fourth-order valence-electron chi connectivity index (χ4n) is 1.59. The topological polar surface area (TPSA) is 35.2 Å². The predicted octanol–water partition coefficient (Wildman–Crippen LogP) is 3.88. The van der Waals surface area contributed by atoms with Gasteiger partial charge in [-0.2, -0.15) is 0 Å². The Hall–Kier alpha value is -1.81. The van der Waals surface area contributed by atoms with Crippen molar-refractivity contribution in [1.82, 2.24) is 0 Å². The molecular weight excluding hydrogens is 260 g/mol. The van der Waals surface area contributed by atoms with E-state index in [1.165, 1.54) is 19.2 Å². The number of halogens is 3. The molecule has 0 saturated carbocycles. The van der Waals surface area contributed by atoms with E-state index in [-0.39, 0.29) is 0 Å². The Morgan fingerprint density at radius 3 is 2.22 bits per heavy atom. The van der Waals surface area contributed by atoms with Gasteiger partial charge in [-0.3, -0.25) is 0 Å². The van der Waals surface area contributed by atoms with E-state index in [4.69, 9.17) is 22.1 Å². The maximum Gasteiger partial charge on any atom is 0.149 e. The SMILES string of the molecule is COc1cc(-c2cc(F)c(N)c(F)c2)ccc1Cl. The maximum atomic E-state index is 13.4. The smallest absolute Gasteiger partial charge is 0.149 e. The molecule has 0 aromatic heterocycles. The second-order valence-corrected chi connectivity index (χ2v) is 4.11. The van der Waals surface area contributed by atoms with Crippen molar-refractivity contribution in [2.75, 3.05) is 12.8 Å². The third kappa shape index (κ3) is 2.24. The Morgan fingerprint density at radius 2 is 1.67 bits per heavy atom. The van der Waals surface area contributed by atoms with Gasteiger partial charge in [-0.05, 0) is 35.4 Å². The largest absolute Gasteiger partial charge is 0.495 e.